The average Bonchev–Trinajstić information content (AvgIpc) is 2.25. The van der Waals surface area contributed by atoms with Gasteiger partial charge in [-0.25, -0.2) is 9.18 Å². The van der Waals surface area contributed by atoms with Gasteiger partial charge in [-0.05, 0) is 27.2 Å². The van der Waals surface area contributed by atoms with Crippen molar-refractivity contribution in [3.05, 3.63) is 0 Å². The molecule has 0 bridgehead atoms. The molecule has 1 unspecified atom stereocenters. The highest BCUT2D eigenvalue weighted by atomic mass is 19.1. The van der Waals surface area contributed by atoms with Crippen LogP contribution in [0.2, 0.25) is 0 Å². The van der Waals surface area contributed by atoms with Gasteiger partial charge in [-0.2, -0.15) is 0 Å². The molecule has 0 saturated heterocycles. The van der Waals surface area contributed by atoms with Crippen molar-refractivity contribution in [1.82, 2.24) is 5.32 Å². The van der Waals surface area contributed by atoms with Crippen molar-refractivity contribution >= 4 is 17.7 Å². The number of Topliss-reactive ketones (excluding diaryl/α,β-unsaturated/α-hetero) is 1. The number of nitrogens with one attached hydrogen (secondary N) is 1. The molecule has 0 aliphatic carbocycles. The van der Waals surface area contributed by atoms with Crippen LogP contribution in [-0.2, 0) is 19.1 Å². The summed E-state index contributed by atoms with van der Waals surface area (Å²) in [6, 6.07) is -1.12. The first-order valence-corrected chi connectivity index (χ1v) is 6.29. The van der Waals surface area contributed by atoms with Gasteiger partial charge in [0.2, 0.25) is 5.91 Å². The van der Waals surface area contributed by atoms with Crippen molar-refractivity contribution in [2.24, 2.45) is 0 Å². The van der Waals surface area contributed by atoms with Gasteiger partial charge in [0.1, 0.15) is 18.3 Å². The molecule has 0 fully saturated rings. The van der Waals surface area contributed by atoms with E-state index in [4.69, 9.17) is 4.74 Å². The molecule has 1 amide bonds. The second-order valence-corrected chi connectivity index (χ2v) is 5.28. The fourth-order valence-corrected chi connectivity index (χ4v) is 1.34. The predicted molar refractivity (Wildman–Crippen MR) is 68.3 cm³/mol. The first-order chi connectivity index (χ1) is 8.69. The lowest BCUT2D eigenvalue weighted by Crippen LogP contribution is -2.45. The predicted octanol–water partition coefficient (Wildman–Crippen LogP) is 1.54. The molecule has 0 heterocycles. The van der Waals surface area contributed by atoms with E-state index in [0.29, 0.717) is 6.42 Å². The topological polar surface area (TPSA) is 72.5 Å². The first-order valence-electron chi connectivity index (χ1n) is 6.29. The third-order valence-electron chi connectivity index (χ3n) is 2.08. The highest BCUT2D eigenvalue weighted by Crippen LogP contribution is 2.10. The molecular formula is C13H22FNO4. The molecule has 0 rings (SSSR count). The molecule has 0 aliphatic heterocycles. The van der Waals surface area contributed by atoms with Crippen molar-refractivity contribution < 1.29 is 23.5 Å². The minimum absolute atomic E-state index is 0.239. The van der Waals surface area contributed by atoms with Crippen molar-refractivity contribution in [2.45, 2.75) is 58.6 Å². The molecule has 6 heteroatoms. The van der Waals surface area contributed by atoms with Gasteiger partial charge in [0.05, 0.1) is 0 Å². The number of rotatable bonds is 7. The molecule has 0 aliphatic rings. The van der Waals surface area contributed by atoms with E-state index in [0.717, 1.165) is 0 Å². The Balaban J connectivity index is 4.70. The smallest absolute Gasteiger partial charge is 0.329 e. The van der Waals surface area contributed by atoms with Crippen LogP contribution in [0.1, 0.15) is 47.0 Å². The van der Waals surface area contributed by atoms with Gasteiger partial charge in [-0.15, -0.1) is 0 Å². The third kappa shape index (κ3) is 8.29. The fraction of sp³-hybridized carbons (Fsp3) is 0.769. The molecule has 1 atom stereocenters. The summed E-state index contributed by atoms with van der Waals surface area (Å²) < 4.78 is 17.3. The van der Waals surface area contributed by atoms with E-state index in [1.165, 1.54) is 0 Å². The van der Waals surface area contributed by atoms with Crippen molar-refractivity contribution in [1.29, 1.82) is 0 Å². The lowest BCUT2D eigenvalue weighted by Gasteiger charge is -2.24. The van der Waals surface area contributed by atoms with Gasteiger partial charge >= 0.3 is 5.97 Å². The molecule has 110 valence electrons. The molecule has 0 aromatic rings. The Morgan fingerprint density at radius 3 is 2.26 bits per heavy atom. The Bertz CT molecular complexity index is 336. The number of carbonyl (C=O) groups excluding carboxylic acids is 3. The normalized spacial score (nSPS) is 12.7. The van der Waals surface area contributed by atoms with Crippen LogP contribution < -0.4 is 5.32 Å². The maximum atomic E-state index is 12.2. The summed E-state index contributed by atoms with van der Waals surface area (Å²) in [6.07, 6.45) is 0.466. The Labute approximate surface area is 112 Å². The number of esters is 1. The molecule has 0 saturated carbocycles. The number of halogens is 1. The monoisotopic (exact) mass is 275 g/mol. The van der Waals surface area contributed by atoms with Gasteiger partial charge < -0.3 is 10.1 Å². The number of hydrogen-bond acceptors (Lipinski definition) is 4. The molecule has 1 N–H and O–H groups in total. The van der Waals surface area contributed by atoms with Crippen LogP contribution in [0.25, 0.3) is 0 Å². The molecule has 0 aromatic heterocycles. The third-order valence-corrected chi connectivity index (χ3v) is 2.08. The van der Waals surface area contributed by atoms with E-state index in [1.807, 2.05) is 6.92 Å². The maximum absolute atomic E-state index is 12.2. The summed E-state index contributed by atoms with van der Waals surface area (Å²) in [7, 11) is 0. The Kier molecular flexibility index (Phi) is 7.26. The number of ketones is 1. The lowest BCUT2D eigenvalue weighted by molar-refractivity contribution is -0.159. The summed E-state index contributed by atoms with van der Waals surface area (Å²) in [5.41, 5.74) is -0.733. The zero-order chi connectivity index (χ0) is 15.1. The summed E-state index contributed by atoms with van der Waals surface area (Å²) in [5.74, 6) is -1.82. The number of carbonyl (C=O) groups is 3. The van der Waals surface area contributed by atoms with Crippen molar-refractivity contribution in [3.63, 3.8) is 0 Å². The molecular weight excluding hydrogens is 253 g/mol. The van der Waals surface area contributed by atoms with Gasteiger partial charge in [0.15, 0.2) is 5.78 Å². The zero-order valence-electron chi connectivity index (χ0n) is 11.9. The highest BCUT2D eigenvalue weighted by molar-refractivity contribution is 5.90. The van der Waals surface area contributed by atoms with Crippen LogP contribution in [0, 0.1) is 0 Å². The minimum Gasteiger partial charge on any atom is -0.458 e. The first kappa shape index (κ1) is 17.5. The Morgan fingerprint density at radius 2 is 1.84 bits per heavy atom. The van der Waals surface area contributed by atoms with Gasteiger partial charge in [0.25, 0.3) is 0 Å². The Morgan fingerprint density at radius 1 is 1.26 bits per heavy atom. The standard InChI is InChI=1S/C13H22FNO4/c1-5-6-11(17)15-10(7-9(16)8-14)12(18)19-13(2,3)4/h10H,5-8H2,1-4H3,(H,15,17). The zero-order valence-corrected chi connectivity index (χ0v) is 11.9. The Hall–Kier alpha value is -1.46. The fourth-order valence-electron chi connectivity index (χ4n) is 1.34. The van der Waals surface area contributed by atoms with Crippen LogP contribution >= 0.6 is 0 Å². The lowest BCUT2D eigenvalue weighted by atomic mass is 10.1. The van der Waals surface area contributed by atoms with Crippen LogP contribution in [0.15, 0.2) is 0 Å². The number of hydrogen-bond donors (Lipinski definition) is 1. The van der Waals surface area contributed by atoms with Crippen LogP contribution in [0.5, 0.6) is 0 Å². The van der Waals surface area contributed by atoms with E-state index in [1.54, 1.807) is 20.8 Å². The van der Waals surface area contributed by atoms with Crippen LogP contribution in [0.3, 0.4) is 0 Å². The summed E-state index contributed by atoms with van der Waals surface area (Å²) >= 11 is 0. The molecule has 0 spiro atoms. The number of ether oxygens (including phenoxy) is 1. The quantitative estimate of drug-likeness (QED) is 0.715. The van der Waals surface area contributed by atoms with E-state index in [9.17, 15) is 18.8 Å². The summed E-state index contributed by atoms with van der Waals surface area (Å²) in [5, 5.41) is 2.40. The van der Waals surface area contributed by atoms with Gasteiger partial charge in [0, 0.05) is 12.8 Å². The number of amides is 1. The maximum Gasteiger partial charge on any atom is 0.329 e. The molecule has 5 nitrogen and oxygen atoms in total. The second kappa shape index (κ2) is 7.86. The van der Waals surface area contributed by atoms with Gasteiger partial charge in [-0.1, -0.05) is 6.92 Å². The number of alkyl halides is 1. The summed E-state index contributed by atoms with van der Waals surface area (Å²) in [4.78, 5) is 34.4. The second-order valence-electron chi connectivity index (χ2n) is 5.28. The van der Waals surface area contributed by atoms with Gasteiger partial charge in [-0.3, -0.25) is 9.59 Å². The van der Waals surface area contributed by atoms with Crippen LogP contribution in [-0.4, -0.2) is 36.0 Å². The van der Waals surface area contributed by atoms with Crippen LogP contribution in [0.4, 0.5) is 4.39 Å². The summed E-state index contributed by atoms with van der Waals surface area (Å²) in [6.45, 7) is 5.67. The molecule has 19 heavy (non-hydrogen) atoms. The van der Waals surface area contributed by atoms with E-state index < -0.39 is 30.1 Å². The van der Waals surface area contributed by atoms with E-state index >= 15 is 0 Å². The minimum atomic E-state index is -1.16. The van der Waals surface area contributed by atoms with E-state index in [-0.39, 0.29) is 18.7 Å². The largest absolute Gasteiger partial charge is 0.458 e. The molecule has 0 radical (unpaired) electrons. The van der Waals surface area contributed by atoms with Crippen molar-refractivity contribution in [2.75, 3.05) is 6.67 Å². The van der Waals surface area contributed by atoms with E-state index in [2.05, 4.69) is 5.32 Å². The SMILES string of the molecule is CCCC(=O)NC(CC(=O)CF)C(=O)OC(C)(C)C. The average molecular weight is 275 g/mol. The van der Waals surface area contributed by atoms with Crippen molar-refractivity contribution in [3.8, 4) is 0 Å². The highest BCUT2D eigenvalue weighted by Gasteiger charge is 2.28. The molecule has 0 aromatic carbocycles.